The van der Waals surface area contributed by atoms with Crippen molar-refractivity contribution in [2.75, 3.05) is 19.7 Å². The highest BCUT2D eigenvalue weighted by molar-refractivity contribution is 5.73. The van der Waals surface area contributed by atoms with Gasteiger partial charge in [0, 0.05) is 13.1 Å². The lowest BCUT2D eigenvalue weighted by Crippen LogP contribution is -2.50. The van der Waals surface area contributed by atoms with Gasteiger partial charge < -0.3 is 41.7 Å². The van der Waals surface area contributed by atoms with Crippen LogP contribution in [0.25, 0.3) is 0 Å². The van der Waals surface area contributed by atoms with Crippen LogP contribution in [0.4, 0.5) is 0 Å². The molecule has 9 nitrogen and oxygen atoms in total. The maximum absolute atomic E-state index is 10.4. The first-order chi connectivity index (χ1) is 8.31. The fraction of sp³-hybridized carbons (Fsp3) is 0.889. The quantitative estimate of drug-likeness (QED) is 0.204. The number of carboxylic acid groups (broad SMARTS) is 1. The molecule has 9 N–H and O–H groups in total. The van der Waals surface area contributed by atoms with Crippen molar-refractivity contribution >= 4 is 5.97 Å². The molecule has 0 bridgehead atoms. The number of carboxylic acids is 1. The van der Waals surface area contributed by atoms with Crippen molar-refractivity contribution in [2.45, 2.75) is 30.5 Å². The molecule has 0 unspecified atom stereocenters. The Hall–Kier alpha value is -0.810. The van der Waals surface area contributed by atoms with Gasteiger partial charge in [0.2, 0.25) is 0 Å². The molecule has 0 aromatic carbocycles. The molecule has 0 aliphatic heterocycles. The highest BCUT2D eigenvalue weighted by Crippen LogP contribution is 2.04. The normalized spacial score (nSPS) is 19.9. The summed E-state index contributed by atoms with van der Waals surface area (Å²) < 4.78 is 0. The number of aliphatic hydroxyl groups is 5. The van der Waals surface area contributed by atoms with E-state index in [1.54, 1.807) is 0 Å². The lowest BCUT2D eigenvalue weighted by Gasteiger charge is -2.25. The number of nitrogens with one attached hydrogen (secondary N) is 1. The molecule has 5 atom stereocenters. The van der Waals surface area contributed by atoms with Crippen molar-refractivity contribution < 1.29 is 35.4 Å². The van der Waals surface area contributed by atoms with Crippen LogP contribution in [0.1, 0.15) is 0 Å². The van der Waals surface area contributed by atoms with E-state index in [1.807, 2.05) is 0 Å². The van der Waals surface area contributed by atoms with E-state index in [1.165, 1.54) is 0 Å². The lowest BCUT2D eigenvalue weighted by atomic mass is 10.0. The van der Waals surface area contributed by atoms with E-state index >= 15 is 0 Å². The van der Waals surface area contributed by atoms with Gasteiger partial charge in [0.25, 0.3) is 0 Å². The summed E-state index contributed by atoms with van der Waals surface area (Å²) in [6.45, 7) is -1.11. The monoisotopic (exact) mass is 268 g/mol. The predicted octanol–water partition coefficient (Wildman–Crippen LogP) is -4.58. The van der Waals surface area contributed by atoms with Gasteiger partial charge in [-0.05, 0) is 0 Å². The van der Waals surface area contributed by atoms with Gasteiger partial charge in [-0.3, -0.25) is 4.79 Å². The number of hydrogen-bond acceptors (Lipinski definition) is 8. The molecular weight excluding hydrogens is 248 g/mol. The summed E-state index contributed by atoms with van der Waals surface area (Å²) in [6, 6.07) is -1.15. The second-order valence-corrected chi connectivity index (χ2v) is 3.90. The first kappa shape index (κ1) is 17.2. The first-order valence-electron chi connectivity index (χ1n) is 5.33. The second-order valence-electron chi connectivity index (χ2n) is 3.90. The third-order valence-electron chi connectivity index (χ3n) is 2.36. The van der Waals surface area contributed by atoms with Crippen LogP contribution < -0.4 is 11.1 Å². The molecule has 0 saturated heterocycles. The van der Waals surface area contributed by atoms with E-state index in [-0.39, 0.29) is 13.1 Å². The number of aliphatic carboxylic acids is 1. The molecule has 0 spiro atoms. The standard InChI is InChI=1S/C9H20N2O7/c10-4(9(17)18)1-11-2-5(13)7(15)8(16)6(14)3-12/h4-8,11-16H,1-3,10H2,(H,17,18)/t4-,5-,6+,7+,8+/m0/s1. The molecule has 0 aromatic heterocycles. The maximum Gasteiger partial charge on any atom is 0.321 e. The van der Waals surface area contributed by atoms with Crippen molar-refractivity contribution in [1.29, 1.82) is 0 Å². The number of nitrogens with two attached hydrogens (primary N) is 1. The van der Waals surface area contributed by atoms with Gasteiger partial charge in [0.15, 0.2) is 0 Å². The zero-order valence-electron chi connectivity index (χ0n) is 9.68. The Morgan fingerprint density at radius 1 is 1.06 bits per heavy atom. The molecule has 0 fully saturated rings. The zero-order valence-corrected chi connectivity index (χ0v) is 9.68. The maximum atomic E-state index is 10.4. The summed E-state index contributed by atoms with van der Waals surface area (Å²) in [7, 11) is 0. The largest absolute Gasteiger partial charge is 0.480 e. The van der Waals surface area contributed by atoms with E-state index in [4.69, 9.17) is 21.1 Å². The molecule has 18 heavy (non-hydrogen) atoms. The van der Waals surface area contributed by atoms with E-state index < -0.39 is 43.0 Å². The molecule has 9 heteroatoms. The fourth-order valence-corrected chi connectivity index (χ4v) is 1.16. The molecule has 0 aromatic rings. The van der Waals surface area contributed by atoms with Gasteiger partial charge in [-0.25, -0.2) is 0 Å². The number of carbonyl (C=O) groups is 1. The predicted molar refractivity (Wildman–Crippen MR) is 59.6 cm³/mol. The molecule has 0 aliphatic rings. The summed E-state index contributed by atoms with van der Waals surface area (Å²) >= 11 is 0. The Balaban J connectivity index is 4.01. The van der Waals surface area contributed by atoms with Crippen LogP contribution in [0.3, 0.4) is 0 Å². The Bertz CT molecular complexity index is 253. The smallest absolute Gasteiger partial charge is 0.321 e. The van der Waals surface area contributed by atoms with Crippen LogP contribution in [0.2, 0.25) is 0 Å². The van der Waals surface area contributed by atoms with Crippen LogP contribution in [-0.4, -0.2) is 86.8 Å². The first-order valence-corrected chi connectivity index (χ1v) is 5.33. The van der Waals surface area contributed by atoms with E-state index in [0.29, 0.717) is 0 Å². The number of rotatable bonds is 9. The summed E-state index contributed by atoms with van der Waals surface area (Å²) in [5.74, 6) is -1.21. The number of hydrogen-bond donors (Lipinski definition) is 8. The summed E-state index contributed by atoms with van der Waals surface area (Å²) in [5.41, 5.74) is 5.18. The fourth-order valence-electron chi connectivity index (χ4n) is 1.16. The Morgan fingerprint density at radius 3 is 2.00 bits per heavy atom. The van der Waals surface area contributed by atoms with Crippen LogP contribution in [0, 0.1) is 0 Å². The topological polar surface area (TPSA) is 176 Å². The summed E-state index contributed by atoms with van der Waals surface area (Å²) in [6.07, 6.45) is -6.40. The summed E-state index contributed by atoms with van der Waals surface area (Å²) in [5, 5.41) is 56.7. The van der Waals surface area contributed by atoms with Gasteiger partial charge in [-0.1, -0.05) is 0 Å². The molecule has 0 aliphatic carbocycles. The van der Waals surface area contributed by atoms with E-state index in [0.717, 1.165) is 0 Å². The lowest BCUT2D eigenvalue weighted by molar-refractivity contribution is -0.138. The minimum Gasteiger partial charge on any atom is -0.480 e. The van der Waals surface area contributed by atoms with Crippen LogP contribution in [0.15, 0.2) is 0 Å². The van der Waals surface area contributed by atoms with Gasteiger partial charge in [-0.2, -0.15) is 0 Å². The molecule has 0 amide bonds. The Kier molecular flexibility index (Phi) is 7.95. The zero-order chi connectivity index (χ0) is 14.3. The molecule has 0 rings (SSSR count). The molecule has 108 valence electrons. The highest BCUT2D eigenvalue weighted by atomic mass is 16.4. The van der Waals surface area contributed by atoms with Gasteiger partial charge >= 0.3 is 5.97 Å². The van der Waals surface area contributed by atoms with Crippen molar-refractivity contribution in [3.63, 3.8) is 0 Å². The van der Waals surface area contributed by atoms with Crippen LogP contribution >= 0.6 is 0 Å². The SMILES string of the molecule is N[C@@H](CNC[C@H](O)[C@@H](O)[C@H](O)[C@H](O)CO)C(=O)O. The van der Waals surface area contributed by atoms with Gasteiger partial charge in [0.05, 0.1) is 12.7 Å². The van der Waals surface area contributed by atoms with Crippen molar-refractivity contribution in [3.8, 4) is 0 Å². The highest BCUT2D eigenvalue weighted by Gasteiger charge is 2.29. The van der Waals surface area contributed by atoms with Gasteiger partial charge in [0.1, 0.15) is 24.4 Å². The van der Waals surface area contributed by atoms with Crippen molar-refractivity contribution in [2.24, 2.45) is 5.73 Å². The summed E-state index contributed by atoms with van der Waals surface area (Å²) in [4.78, 5) is 10.4. The third-order valence-corrected chi connectivity index (χ3v) is 2.36. The molecule has 0 saturated carbocycles. The van der Waals surface area contributed by atoms with E-state index in [9.17, 15) is 20.1 Å². The number of aliphatic hydroxyl groups excluding tert-OH is 5. The third kappa shape index (κ3) is 5.69. The van der Waals surface area contributed by atoms with Crippen molar-refractivity contribution in [1.82, 2.24) is 5.32 Å². The Labute approximate surface area is 103 Å². The average Bonchev–Trinajstić information content (AvgIpc) is 2.35. The molecule has 0 radical (unpaired) electrons. The molecule has 0 heterocycles. The van der Waals surface area contributed by atoms with Crippen LogP contribution in [0.5, 0.6) is 0 Å². The Morgan fingerprint density at radius 2 is 1.56 bits per heavy atom. The minimum absolute atomic E-state index is 0.127. The van der Waals surface area contributed by atoms with Gasteiger partial charge in [-0.15, -0.1) is 0 Å². The second kappa shape index (κ2) is 8.32. The van der Waals surface area contributed by atoms with E-state index in [2.05, 4.69) is 5.32 Å². The minimum atomic E-state index is -1.71. The molecular formula is C9H20N2O7. The average molecular weight is 268 g/mol. The van der Waals surface area contributed by atoms with Crippen LogP contribution in [-0.2, 0) is 4.79 Å². The van der Waals surface area contributed by atoms with Crippen molar-refractivity contribution in [3.05, 3.63) is 0 Å².